The molecule has 0 fully saturated rings. The molecule has 1 atom stereocenters. The zero-order chi connectivity index (χ0) is 29.6. The molecule has 0 saturated carbocycles. The zero-order valence-corrected chi connectivity index (χ0v) is 24.6. The summed E-state index contributed by atoms with van der Waals surface area (Å²) >= 11 is 0. The quantitative estimate of drug-likeness (QED) is 0.126. The van der Waals surface area contributed by atoms with Gasteiger partial charge in [-0.05, 0) is 12.0 Å². The largest absolute Gasteiger partial charge is 0.379 e. The fourth-order valence-electron chi connectivity index (χ4n) is 3.29. The Labute approximate surface area is 244 Å². The highest BCUT2D eigenvalue weighted by atomic mass is 16.6. The van der Waals surface area contributed by atoms with E-state index in [1.807, 2.05) is 30.3 Å². The Balaban J connectivity index is 1.78. The van der Waals surface area contributed by atoms with Crippen molar-refractivity contribution in [2.24, 2.45) is 5.73 Å². The Bertz CT molecular complexity index is 742. The van der Waals surface area contributed by atoms with Gasteiger partial charge in [-0.2, -0.15) is 0 Å². The van der Waals surface area contributed by atoms with Crippen molar-refractivity contribution < 1.29 is 47.5 Å². The van der Waals surface area contributed by atoms with E-state index in [4.69, 9.17) is 43.6 Å². The molecule has 1 aromatic carbocycles. The summed E-state index contributed by atoms with van der Waals surface area (Å²) < 4.78 is 43.3. The standard InChI is InChI=1S/C29H50N2O10/c1-2-9-34-11-13-36-15-17-38-19-21-40-23-24-41-22-20-39-18-16-37-14-12-35-10-8-28(32)31-27(29(30)33)25-26-6-4-3-5-7-26/h3-7,27H,2,8-25H2,1H3,(H2,30,33)(H,31,32)/t27-/m1/s1. The highest BCUT2D eigenvalue weighted by Gasteiger charge is 2.18. The number of hydrogen-bond donors (Lipinski definition) is 2. The number of primary amides is 1. The van der Waals surface area contributed by atoms with Crippen LogP contribution >= 0.6 is 0 Å². The smallest absolute Gasteiger partial charge is 0.240 e. The van der Waals surface area contributed by atoms with Crippen molar-refractivity contribution in [3.8, 4) is 0 Å². The number of carbonyl (C=O) groups excluding carboxylic acids is 2. The molecule has 0 aromatic heterocycles. The maximum absolute atomic E-state index is 12.1. The molecule has 236 valence electrons. The summed E-state index contributed by atoms with van der Waals surface area (Å²) in [5, 5.41) is 2.66. The Kier molecular flexibility index (Phi) is 25.2. The molecular weight excluding hydrogens is 536 g/mol. The molecule has 1 aromatic rings. The average molecular weight is 587 g/mol. The van der Waals surface area contributed by atoms with Crippen LogP contribution in [-0.2, 0) is 53.9 Å². The summed E-state index contributed by atoms with van der Waals surface area (Å²) in [6, 6.07) is 8.63. The van der Waals surface area contributed by atoms with Gasteiger partial charge in [0.15, 0.2) is 0 Å². The Morgan fingerprint density at radius 2 is 0.976 bits per heavy atom. The highest BCUT2D eigenvalue weighted by Crippen LogP contribution is 2.03. The summed E-state index contributed by atoms with van der Waals surface area (Å²) in [7, 11) is 0. The molecule has 0 radical (unpaired) electrons. The van der Waals surface area contributed by atoms with E-state index in [9.17, 15) is 9.59 Å². The lowest BCUT2D eigenvalue weighted by Crippen LogP contribution is -2.46. The van der Waals surface area contributed by atoms with Crippen molar-refractivity contribution in [1.29, 1.82) is 0 Å². The number of hydrogen-bond acceptors (Lipinski definition) is 10. The molecule has 0 bridgehead atoms. The van der Waals surface area contributed by atoms with Crippen LogP contribution in [0, 0.1) is 0 Å². The van der Waals surface area contributed by atoms with Crippen LogP contribution < -0.4 is 11.1 Å². The van der Waals surface area contributed by atoms with Gasteiger partial charge in [0.25, 0.3) is 0 Å². The van der Waals surface area contributed by atoms with E-state index in [0.717, 1.165) is 18.6 Å². The minimum atomic E-state index is -0.755. The van der Waals surface area contributed by atoms with E-state index in [1.165, 1.54) is 0 Å². The van der Waals surface area contributed by atoms with Gasteiger partial charge in [-0.25, -0.2) is 0 Å². The second-order valence-corrected chi connectivity index (χ2v) is 8.86. The number of ether oxygens (including phenoxy) is 8. The molecule has 0 spiro atoms. The van der Waals surface area contributed by atoms with Crippen LogP contribution in [-0.4, -0.2) is 124 Å². The first-order valence-corrected chi connectivity index (χ1v) is 14.4. The molecule has 12 nitrogen and oxygen atoms in total. The second-order valence-electron chi connectivity index (χ2n) is 8.86. The SMILES string of the molecule is CCCOCCOCCOCCOCCOCCOCCOCCOCCC(=O)N[C@H](Cc1ccccc1)C(N)=O. The lowest BCUT2D eigenvalue weighted by atomic mass is 10.1. The molecule has 0 aliphatic carbocycles. The number of rotatable bonds is 30. The normalized spacial score (nSPS) is 11.9. The van der Waals surface area contributed by atoms with Gasteiger partial charge >= 0.3 is 0 Å². The van der Waals surface area contributed by atoms with E-state index in [0.29, 0.717) is 98.9 Å². The minimum absolute atomic E-state index is 0.131. The van der Waals surface area contributed by atoms with Gasteiger partial charge in [-0.1, -0.05) is 37.3 Å². The van der Waals surface area contributed by atoms with Gasteiger partial charge in [0, 0.05) is 19.4 Å². The lowest BCUT2D eigenvalue weighted by molar-refractivity contribution is -0.128. The van der Waals surface area contributed by atoms with Gasteiger partial charge in [-0.15, -0.1) is 0 Å². The molecule has 12 heteroatoms. The lowest BCUT2D eigenvalue weighted by Gasteiger charge is -2.15. The maximum atomic E-state index is 12.1. The van der Waals surface area contributed by atoms with Gasteiger partial charge in [0.05, 0.1) is 99.1 Å². The second kappa shape index (κ2) is 28.0. The first kappa shape index (κ1) is 36.9. The Morgan fingerprint density at radius 3 is 1.34 bits per heavy atom. The molecule has 2 amide bonds. The minimum Gasteiger partial charge on any atom is -0.379 e. The van der Waals surface area contributed by atoms with Crippen LogP contribution in [0.2, 0.25) is 0 Å². The first-order chi connectivity index (χ1) is 20.1. The van der Waals surface area contributed by atoms with E-state index in [1.54, 1.807) is 0 Å². The van der Waals surface area contributed by atoms with Crippen LogP contribution in [0.15, 0.2) is 30.3 Å². The van der Waals surface area contributed by atoms with Crippen molar-refractivity contribution in [2.75, 3.05) is 106 Å². The number of nitrogens with one attached hydrogen (secondary N) is 1. The number of amides is 2. The van der Waals surface area contributed by atoms with Gasteiger partial charge in [0.1, 0.15) is 6.04 Å². The summed E-state index contributed by atoms with van der Waals surface area (Å²) in [4.78, 5) is 23.8. The van der Waals surface area contributed by atoms with Gasteiger partial charge in [0.2, 0.25) is 11.8 Å². The van der Waals surface area contributed by atoms with Gasteiger partial charge in [-0.3, -0.25) is 9.59 Å². The highest BCUT2D eigenvalue weighted by molar-refractivity contribution is 5.86. The molecule has 0 saturated heterocycles. The number of carbonyl (C=O) groups is 2. The number of nitrogens with two attached hydrogens (primary N) is 1. The molecule has 0 heterocycles. The van der Waals surface area contributed by atoms with E-state index >= 15 is 0 Å². The molecule has 0 aliphatic rings. The summed E-state index contributed by atoms with van der Waals surface area (Å²) in [5.74, 6) is -0.860. The Hall–Kier alpha value is -2.16. The molecule has 0 aliphatic heterocycles. The third kappa shape index (κ3) is 24.2. The van der Waals surface area contributed by atoms with Crippen LogP contribution in [0.4, 0.5) is 0 Å². The van der Waals surface area contributed by atoms with Crippen molar-refractivity contribution in [1.82, 2.24) is 5.32 Å². The molecular formula is C29H50N2O10. The molecule has 41 heavy (non-hydrogen) atoms. The van der Waals surface area contributed by atoms with Crippen molar-refractivity contribution in [3.63, 3.8) is 0 Å². The first-order valence-electron chi connectivity index (χ1n) is 14.4. The monoisotopic (exact) mass is 586 g/mol. The van der Waals surface area contributed by atoms with Crippen LogP contribution in [0.1, 0.15) is 25.3 Å². The fourth-order valence-corrected chi connectivity index (χ4v) is 3.29. The summed E-state index contributed by atoms with van der Waals surface area (Å²) in [6.07, 6.45) is 1.50. The van der Waals surface area contributed by atoms with Crippen LogP contribution in [0.25, 0.3) is 0 Å². The third-order valence-electron chi connectivity index (χ3n) is 5.39. The van der Waals surface area contributed by atoms with Gasteiger partial charge < -0.3 is 48.9 Å². The maximum Gasteiger partial charge on any atom is 0.240 e. The summed E-state index contributed by atoms with van der Waals surface area (Å²) in [5.41, 5.74) is 6.34. The van der Waals surface area contributed by atoms with E-state index < -0.39 is 11.9 Å². The third-order valence-corrected chi connectivity index (χ3v) is 5.39. The average Bonchev–Trinajstić information content (AvgIpc) is 2.97. The van der Waals surface area contributed by atoms with Crippen molar-refractivity contribution >= 4 is 11.8 Å². The molecule has 3 N–H and O–H groups in total. The van der Waals surface area contributed by atoms with E-state index in [-0.39, 0.29) is 18.9 Å². The fraction of sp³-hybridized carbons (Fsp3) is 0.724. The van der Waals surface area contributed by atoms with Crippen LogP contribution in [0.5, 0.6) is 0 Å². The van der Waals surface area contributed by atoms with Crippen molar-refractivity contribution in [3.05, 3.63) is 35.9 Å². The Morgan fingerprint density at radius 1 is 0.610 bits per heavy atom. The molecule has 0 unspecified atom stereocenters. The summed E-state index contributed by atoms with van der Waals surface area (Å²) in [6.45, 7) is 9.97. The van der Waals surface area contributed by atoms with E-state index in [2.05, 4.69) is 12.2 Å². The molecule has 1 rings (SSSR count). The zero-order valence-electron chi connectivity index (χ0n) is 24.6. The topological polar surface area (TPSA) is 146 Å². The van der Waals surface area contributed by atoms with Crippen LogP contribution in [0.3, 0.4) is 0 Å². The predicted molar refractivity (Wildman–Crippen MR) is 153 cm³/mol. The predicted octanol–water partition coefficient (Wildman–Crippen LogP) is 1.13. The van der Waals surface area contributed by atoms with Crippen molar-refractivity contribution in [2.45, 2.75) is 32.2 Å². The number of benzene rings is 1.